The van der Waals surface area contributed by atoms with Crippen LogP contribution in [0.15, 0.2) is 48.5 Å². The molecule has 1 amide bonds. The zero-order valence-corrected chi connectivity index (χ0v) is 13.2. The number of nitrogens with zero attached hydrogens (tertiary/aromatic N) is 1. The first kappa shape index (κ1) is 16.2. The highest BCUT2D eigenvalue weighted by Crippen LogP contribution is 2.14. The lowest BCUT2D eigenvalue weighted by Gasteiger charge is -2.29. The summed E-state index contributed by atoms with van der Waals surface area (Å²) in [5.74, 6) is 5.33. The maximum absolute atomic E-state index is 13.5. The highest BCUT2D eigenvalue weighted by atomic mass is 19.1. The highest BCUT2D eigenvalue weighted by molar-refractivity contribution is 5.94. The van der Waals surface area contributed by atoms with E-state index in [0.717, 1.165) is 5.56 Å². The lowest BCUT2D eigenvalue weighted by molar-refractivity contribution is 0.0546. The molecule has 0 unspecified atom stereocenters. The van der Waals surface area contributed by atoms with E-state index in [9.17, 15) is 14.3 Å². The van der Waals surface area contributed by atoms with E-state index in [4.69, 9.17) is 0 Å². The predicted octanol–water partition coefficient (Wildman–Crippen LogP) is 2.82. The third-order valence-corrected chi connectivity index (χ3v) is 4.10. The molecule has 2 aromatic rings. The van der Waals surface area contributed by atoms with Gasteiger partial charge in [0.05, 0.1) is 11.7 Å². The fourth-order valence-electron chi connectivity index (χ4n) is 2.65. The van der Waals surface area contributed by atoms with E-state index in [2.05, 4.69) is 11.8 Å². The molecule has 24 heavy (non-hydrogen) atoms. The van der Waals surface area contributed by atoms with E-state index in [1.165, 1.54) is 6.07 Å². The first-order chi connectivity index (χ1) is 11.6. The summed E-state index contributed by atoms with van der Waals surface area (Å²) in [4.78, 5) is 14.2. The fraction of sp³-hybridized carbons (Fsp3) is 0.250. The number of aliphatic hydroxyl groups excluding tert-OH is 1. The summed E-state index contributed by atoms with van der Waals surface area (Å²) in [5, 5.41) is 9.51. The van der Waals surface area contributed by atoms with Gasteiger partial charge in [0.1, 0.15) is 5.82 Å². The molecule has 0 aromatic heterocycles. The van der Waals surface area contributed by atoms with E-state index in [1.807, 2.05) is 0 Å². The Balaban J connectivity index is 1.70. The van der Waals surface area contributed by atoms with Gasteiger partial charge in [-0.25, -0.2) is 4.39 Å². The van der Waals surface area contributed by atoms with Crippen molar-refractivity contribution in [3.05, 3.63) is 71.0 Å². The van der Waals surface area contributed by atoms with Crippen molar-refractivity contribution >= 4 is 5.91 Å². The smallest absolute Gasteiger partial charge is 0.253 e. The molecule has 0 atom stereocenters. The molecule has 0 aliphatic carbocycles. The molecule has 3 nitrogen and oxygen atoms in total. The zero-order chi connectivity index (χ0) is 16.9. The summed E-state index contributed by atoms with van der Waals surface area (Å²) in [6.45, 7) is 1.16. The fourth-order valence-corrected chi connectivity index (χ4v) is 2.65. The topological polar surface area (TPSA) is 40.5 Å². The molecule has 1 aliphatic heterocycles. The largest absolute Gasteiger partial charge is 0.393 e. The number of hydrogen-bond donors (Lipinski definition) is 1. The molecular weight excluding hydrogens is 305 g/mol. The van der Waals surface area contributed by atoms with Crippen LogP contribution in [-0.2, 0) is 0 Å². The maximum atomic E-state index is 13.5. The van der Waals surface area contributed by atoms with Crippen molar-refractivity contribution in [1.29, 1.82) is 0 Å². The number of carbonyl (C=O) groups excluding carboxylic acids is 1. The van der Waals surface area contributed by atoms with Crippen LogP contribution in [0.5, 0.6) is 0 Å². The Kier molecular flexibility index (Phi) is 4.93. The summed E-state index contributed by atoms with van der Waals surface area (Å²) in [6.07, 6.45) is 0.945. The van der Waals surface area contributed by atoms with Gasteiger partial charge in [-0.1, -0.05) is 24.0 Å². The number of hydrogen-bond acceptors (Lipinski definition) is 2. The lowest BCUT2D eigenvalue weighted by atomic mass is 10.1. The molecule has 0 radical (unpaired) electrons. The number of aliphatic hydroxyl groups is 1. The van der Waals surface area contributed by atoms with Gasteiger partial charge >= 0.3 is 0 Å². The molecule has 2 aromatic carbocycles. The molecule has 4 heteroatoms. The van der Waals surface area contributed by atoms with Crippen LogP contribution < -0.4 is 0 Å². The van der Waals surface area contributed by atoms with Gasteiger partial charge in [0.2, 0.25) is 0 Å². The van der Waals surface area contributed by atoms with Gasteiger partial charge in [-0.3, -0.25) is 4.79 Å². The quantitative estimate of drug-likeness (QED) is 0.820. The Morgan fingerprint density at radius 2 is 1.71 bits per heavy atom. The van der Waals surface area contributed by atoms with E-state index in [-0.39, 0.29) is 17.8 Å². The monoisotopic (exact) mass is 323 g/mol. The average Bonchev–Trinajstić information content (AvgIpc) is 2.62. The van der Waals surface area contributed by atoms with Crippen LogP contribution in [0.1, 0.15) is 34.3 Å². The molecule has 1 fully saturated rings. The number of piperidine rings is 1. The van der Waals surface area contributed by atoms with Crippen molar-refractivity contribution < 1.29 is 14.3 Å². The summed E-state index contributed by atoms with van der Waals surface area (Å²) >= 11 is 0. The Labute approximate surface area is 140 Å². The zero-order valence-electron chi connectivity index (χ0n) is 13.2. The van der Waals surface area contributed by atoms with Crippen molar-refractivity contribution in [2.24, 2.45) is 0 Å². The third kappa shape index (κ3) is 3.81. The Bertz CT molecular complexity index is 781. The summed E-state index contributed by atoms with van der Waals surface area (Å²) < 4.78 is 13.5. The standard InChI is InChI=1S/C20H18FNO2/c21-19-4-2-1-3-16(19)8-5-15-6-9-17(10-7-15)20(24)22-13-11-18(23)12-14-22/h1-4,6-7,9-10,18,23H,11-14H2. The van der Waals surface area contributed by atoms with Crippen LogP contribution in [0, 0.1) is 17.7 Å². The second kappa shape index (κ2) is 7.29. The Morgan fingerprint density at radius 3 is 2.38 bits per heavy atom. The van der Waals surface area contributed by atoms with E-state index in [1.54, 1.807) is 47.4 Å². The summed E-state index contributed by atoms with van der Waals surface area (Å²) in [6, 6.07) is 13.4. The molecule has 1 N–H and O–H groups in total. The van der Waals surface area contributed by atoms with Crippen molar-refractivity contribution in [1.82, 2.24) is 4.90 Å². The number of rotatable bonds is 1. The van der Waals surface area contributed by atoms with Gasteiger partial charge in [0, 0.05) is 24.2 Å². The number of halogens is 1. The number of benzene rings is 2. The van der Waals surface area contributed by atoms with Gasteiger partial charge in [-0.2, -0.15) is 0 Å². The minimum absolute atomic E-state index is 0.0319. The predicted molar refractivity (Wildman–Crippen MR) is 90.0 cm³/mol. The minimum atomic E-state index is -0.343. The molecular formula is C20H18FNO2. The third-order valence-electron chi connectivity index (χ3n) is 4.10. The van der Waals surface area contributed by atoms with Crippen LogP contribution in [0.2, 0.25) is 0 Å². The lowest BCUT2D eigenvalue weighted by Crippen LogP contribution is -2.40. The number of amides is 1. The normalized spacial score (nSPS) is 14.8. The van der Waals surface area contributed by atoms with Crippen LogP contribution in [0.25, 0.3) is 0 Å². The van der Waals surface area contributed by atoms with Gasteiger partial charge in [0.15, 0.2) is 0 Å². The van der Waals surface area contributed by atoms with E-state index < -0.39 is 0 Å². The molecule has 1 saturated heterocycles. The molecule has 1 aliphatic rings. The molecule has 0 bridgehead atoms. The van der Waals surface area contributed by atoms with Crippen LogP contribution in [0.4, 0.5) is 4.39 Å². The number of likely N-dealkylation sites (tertiary alicyclic amines) is 1. The van der Waals surface area contributed by atoms with Gasteiger partial charge in [-0.15, -0.1) is 0 Å². The van der Waals surface area contributed by atoms with Crippen molar-refractivity contribution in [3.63, 3.8) is 0 Å². The second-order valence-corrected chi connectivity index (χ2v) is 5.83. The van der Waals surface area contributed by atoms with Gasteiger partial charge in [0.25, 0.3) is 5.91 Å². The Morgan fingerprint density at radius 1 is 1.04 bits per heavy atom. The maximum Gasteiger partial charge on any atom is 0.253 e. The highest BCUT2D eigenvalue weighted by Gasteiger charge is 2.22. The van der Waals surface area contributed by atoms with Crippen LogP contribution in [0.3, 0.4) is 0 Å². The molecule has 0 spiro atoms. The molecule has 1 heterocycles. The van der Waals surface area contributed by atoms with Crippen molar-refractivity contribution in [2.45, 2.75) is 18.9 Å². The SMILES string of the molecule is O=C(c1ccc(C#Cc2ccccc2F)cc1)N1CCC(O)CC1. The summed E-state index contributed by atoms with van der Waals surface area (Å²) in [7, 11) is 0. The summed E-state index contributed by atoms with van der Waals surface area (Å²) in [5.41, 5.74) is 1.68. The Hall–Kier alpha value is -2.64. The molecule has 0 saturated carbocycles. The van der Waals surface area contributed by atoms with Crippen LogP contribution >= 0.6 is 0 Å². The van der Waals surface area contributed by atoms with Crippen molar-refractivity contribution in [2.75, 3.05) is 13.1 Å². The van der Waals surface area contributed by atoms with E-state index >= 15 is 0 Å². The average molecular weight is 323 g/mol. The second-order valence-electron chi connectivity index (χ2n) is 5.83. The molecule has 3 rings (SSSR count). The van der Waals surface area contributed by atoms with Gasteiger partial charge in [-0.05, 0) is 49.2 Å². The van der Waals surface area contributed by atoms with Crippen LogP contribution in [-0.4, -0.2) is 35.1 Å². The first-order valence-corrected chi connectivity index (χ1v) is 7.97. The minimum Gasteiger partial charge on any atom is -0.393 e. The first-order valence-electron chi connectivity index (χ1n) is 7.97. The number of carbonyl (C=O) groups is 1. The van der Waals surface area contributed by atoms with E-state index in [0.29, 0.717) is 37.1 Å². The van der Waals surface area contributed by atoms with Gasteiger partial charge < -0.3 is 10.0 Å². The van der Waals surface area contributed by atoms with Crippen molar-refractivity contribution in [3.8, 4) is 11.8 Å². The molecule has 122 valence electrons.